The van der Waals surface area contributed by atoms with Crippen molar-refractivity contribution in [1.29, 1.82) is 0 Å². The number of carbonyl (C=O) groups is 1. The lowest BCUT2D eigenvalue weighted by molar-refractivity contribution is 0.0932. The molecule has 4 rings (SSSR count). The predicted octanol–water partition coefficient (Wildman–Crippen LogP) is 2.79. The lowest BCUT2D eigenvalue weighted by atomic mass is 10.1. The van der Waals surface area contributed by atoms with Gasteiger partial charge in [0.15, 0.2) is 0 Å². The molecule has 0 bridgehead atoms. The summed E-state index contributed by atoms with van der Waals surface area (Å²) in [6.45, 7) is 0. The zero-order valence-corrected chi connectivity index (χ0v) is 17.7. The third kappa shape index (κ3) is 4.35. The van der Waals surface area contributed by atoms with E-state index < -0.39 is 15.9 Å². The van der Waals surface area contributed by atoms with Crippen LogP contribution < -0.4 is 20.9 Å². The number of sulfonamides is 1. The Morgan fingerprint density at radius 2 is 1.96 bits per heavy atom. The number of hydrogen-bond acceptors (Lipinski definition) is 6. The van der Waals surface area contributed by atoms with Crippen molar-refractivity contribution in [2.75, 3.05) is 0 Å². The average Bonchev–Trinajstić information content (AvgIpc) is 3.10. The number of nitrogens with one attached hydrogen (secondary N) is 4. The Kier molecular flexibility index (Phi) is 5.67. The number of amides is 1. The molecule has 2 heterocycles. The van der Waals surface area contributed by atoms with E-state index in [0.29, 0.717) is 6.42 Å². The molecule has 1 aliphatic carbocycles. The highest BCUT2D eigenvalue weighted by atomic mass is 35.5. The van der Waals surface area contributed by atoms with Gasteiger partial charge >= 0.3 is 0 Å². The molecule has 2 fully saturated rings. The van der Waals surface area contributed by atoms with Gasteiger partial charge in [0.1, 0.15) is 4.90 Å². The van der Waals surface area contributed by atoms with Gasteiger partial charge in [-0.3, -0.25) is 4.79 Å². The van der Waals surface area contributed by atoms with Crippen LogP contribution in [-0.2, 0) is 10.0 Å². The van der Waals surface area contributed by atoms with Crippen molar-refractivity contribution in [2.45, 2.75) is 42.4 Å². The first kappa shape index (κ1) is 20.1. The molecule has 28 heavy (non-hydrogen) atoms. The van der Waals surface area contributed by atoms with Crippen LogP contribution in [-0.4, -0.2) is 26.5 Å². The summed E-state index contributed by atoms with van der Waals surface area (Å²) in [4.78, 5) is 13.7. The molecule has 1 saturated heterocycles. The van der Waals surface area contributed by atoms with E-state index in [4.69, 9.17) is 23.2 Å². The van der Waals surface area contributed by atoms with Crippen LogP contribution in [0.15, 0.2) is 34.5 Å². The van der Waals surface area contributed by atoms with Gasteiger partial charge < -0.3 is 5.32 Å². The number of carbonyl (C=O) groups excluding carboxylic acids is 1. The van der Waals surface area contributed by atoms with Crippen molar-refractivity contribution in [1.82, 2.24) is 20.9 Å². The second-order valence-corrected chi connectivity index (χ2v) is 10.3. The molecule has 2 unspecified atom stereocenters. The molecule has 1 amide bonds. The summed E-state index contributed by atoms with van der Waals surface area (Å²) in [5.74, 6) is -0.476. The number of rotatable bonds is 6. The van der Waals surface area contributed by atoms with Crippen LogP contribution >= 0.6 is 34.5 Å². The van der Waals surface area contributed by atoms with Crippen molar-refractivity contribution < 1.29 is 13.2 Å². The minimum absolute atomic E-state index is 0.0203. The van der Waals surface area contributed by atoms with E-state index in [2.05, 4.69) is 20.9 Å². The van der Waals surface area contributed by atoms with Gasteiger partial charge in [-0.05, 0) is 36.4 Å². The highest BCUT2D eigenvalue weighted by Crippen LogP contribution is 2.31. The van der Waals surface area contributed by atoms with Crippen molar-refractivity contribution in [2.24, 2.45) is 0 Å². The van der Waals surface area contributed by atoms with Crippen LogP contribution in [0.5, 0.6) is 0 Å². The standard InChI is InChI=1S/C17H18Cl2N4O3S2/c18-11-7-12(19)15(28(25,26)23-9-3-4-9)6-10(11)17(24)20-16-8-13(21-22-16)14-2-1-5-27-14/h1-2,5-7,9,13,16,21-23H,3-4,8H2,(H,20,24). The first-order valence-electron chi connectivity index (χ1n) is 8.70. The van der Waals surface area contributed by atoms with Crippen molar-refractivity contribution >= 4 is 50.5 Å². The molecule has 2 atom stereocenters. The SMILES string of the molecule is O=C(NC1CC(c2cccs2)NN1)c1cc(S(=O)(=O)NC2CC2)c(Cl)cc1Cl. The maximum Gasteiger partial charge on any atom is 0.254 e. The Balaban J connectivity index is 1.50. The van der Waals surface area contributed by atoms with E-state index in [-0.39, 0.29) is 38.8 Å². The average molecular weight is 461 g/mol. The lowest BCUT2D eigenvalue weighted by Crippen LogP contribution is -2.44. The Hall–Kier alpha value is -1.20. The van der Waals surface area contributed by atoms with Gasteiger partial charge in [-0.2, -0.15) is 0 Å². The summed E-state index contributed by atoms with van der Waals surface area (Å²) in [6, 6.07) is 6.52. The molecule has 4 N–H and O–H groups in total. The van der Waals surface area contributed by atoms with E-state index in [0.717, 1.165) is 17.7 Å². The lowest BCUT2D eigenvalue weighted by Gasteiger charge is -2.15. The second kappa shape index (κ2) is 7.91. The Bertz CT molecular complexity index is 994. The zero-order chi connectivity index (χ0) is 19.9. The number of hydrogen-bond donors (Lipinski definition) is 4. The van der Waals surface area contributed by atoms with E-state index in [1.165, 1.54) is 12.1 Å². The van der Waals surface area contributed by atoms with E-state index in [1.54, 1.807) is 11.3 Å². The van der Waals surface area contributed by atoms with E-state index >= 15 is 0 Å². The first-order chi connectivity index (χ1) is 13.3. The summed E-state index contributed by atoms with van der Waals surface area (Å²) in [5.41, 5.74) is 6.23. The van der Waals surface area contributed by atoms with Crippen LogP contribution in [0.2, 0.25) is 10.0 Å². The van der Waals surface area contributed by atoms with E-state index in [9.17, 15) is 13.2 Å². The van der Waals surface area contributed by atoms with Gasteiger partial charge in [-0.15, -0.1) is 11.3 Å². The van der Waals surface area contributed by atoms with Gasteiger partial charge in [0, 0.05) is 17.3 Å². The molecule has 2 aromatic rings. The fourth-order valence-corrected chi connectivity index (χ4v) is 5.91. The summed E-state index contributed by atoms with van der Waals surface area (Å²) < 4.78 is 27.6. The van der Waals surface area contributed by atoms with Crippen LogP contribution in [0.1, 0.15) is 40.5 Å². The van der Waals surface area contributed by atoms with Crippen LogP contribution in [0, 0.1) is 0 Å². The minimum atomic E-state index is -3.81. The largest absolute Gasteiger partial charge is 0.335 e. The van der Waals surface area contributed by atoms with Gasteiger partial charge in [-0.1, -0.05) is 29.3 Å². The van der Waals surface area contributed by atoms with Crippen molar-refractivity contribution in [3.8, 4) is 0 Å². The zero-order valence-electron chi connectivity index (χ0n) is 14.5. The molecule has 7 nitrogen and oxygen atoms in total. The second-order valence-electron chi connectivity index (χ2n) is 6.78. The maximum atomic E-state index is 12.7. The number of thiophene rings is 1. The molecule has 0 radical (unpaired) electrons. The minimum Gasteiger partial charge on any atom is -0.335 e. The normalized spacial score (nSPS) is 22.4. The topological polar surface area (TPSA) is 99.3 Å². The third-order valence-electron chi connectivity index (χ3n) is 4.55. The van der Waals surface area contributed by atoms with Crippen LogP contribution in [0.25, 0.3) is 0 Å². The molecule has 1 aromatic carbocycles. The van der Waals surface area contributed by atoms with E-state index in [1.807, 2.05) is 17.5 Å². The molecule has 1 aliphatic heterocycles. The number of benzene rings is 1. The summed E-state index contributed by atoms with van der Waals surface area (Å²) in [6.07, 6.45) is 1.91. The van der Waals surface area contributed by atoms with Gasteiger partial charge in [0.05, 0.1) is 27.8 Å². The molecular weight excluding hydrogens is 443 g/mol. The molecular formula is C17H18Cl2N4O3S2. The predicted molar refractivity (Wildman–Crippen MR) is 109 cm³/mol. The summed E-state index contributed by atoms with van der Waals surface area (Å²) in [7, 11) is -3.81. The Morgan fingerprint density at radius 1 is 1.18 bits per heavy atom. The number of hydrazine groups is 1. The van der Waals surface area contributed by atoms with Crippen molar-refractivity contribution in [3.63, 3.8) is 0 Å². The van der Waals surface area contributed by atoms with Gasteiger partial charge in [0.2, 0.25) is 10.0 Å². The third-order valence-corrected chi connectivity index (χ3v) is 7.83. The molecule has 1 saturated carbocycles. The van der Waals surface area contributed by atoms with Crippen LogP contribution in [0.3, 0.4) is 0 Å². The van der Waals surface area contributed by atoms with Gasteiger partial charge in [-0.25, -0.2) is 24.0 Å². The molecule has 2 aliphatic rings. The summed E-state index contributed by atoms with van der Waals surface area (Å²) >= 11 is 13.9. The highest BCUT2D eigenvalue weighted by Gasteiger charge is 2.31. The smallest absolute Gasteiger partial charge is 0.254 e. The molecule has 1 aromatic heterocycles. The highest BCUT2D eigenvalue weighted by molar-refractivity contribution is 7.89. The summed E-state index contributed by atoms with van der Waals surface area (Å²) in [5, 5.41) is 4.89. The maximum absolute atomic E-state index is 12.7. The molecule has 0 spiro atoms. The Labute approximate surface area is 176 Å². The fraction of sp³-hybridized carbons (Fsp3) is 0.353. The van der Waals surface area contributed by atoms with Crippen LogP contribution in [0.4, 0.5) is 0 Å². The molecule has 150 valence electrons. The first-order valence-corrected chi connectivity index (χ1v) is 11.8. The fourth-order valence-electron chi connectivity index (χ4n) is 2.96. The van der Waals surface area contributed by atoms with Crippen molar-refractivity contribution in [3.05, 3.63) is 50.1 Å². The monoisotopic (exact) mass is 460 g/mol. The number of halogens is 2. The van der Waals surface area contributed by atoms with Gasteiger partial charge in [0.25, 0.3) is 5.91 Å². The quantitative estimate of drug-likeness (QED) is 0.530. The Morgan fingerprint density at radius 3 is 2.64 bits per heavy atom. The molecule has 11 heteroatoms.